The van der Waals surface area contributed by atoms with Crippen LogP contribution in [0.2, 0.25) is 0 Å². The molecule has 0 bridgehead atoms. The maximum absolute atomic E-state index is 13.4. The Labute approximate surface area is 194 Å². The number of benzene rings is 1. The van der Waals surface area contributed by atoms with E-state index in [4.69, 9.17) is 0 Å². The fourth-order valence-corrected chi connectivity index (χ4v) is 4.42. The van der Waals surface area contributed by atoms with Gasteiger partial charge in [0.15, 0.2) is 0 Å². The second-order valence-corrected chi connectivity index (χ2v) is 9.14. The fourth-order valence-electron chi connectivity index (χ4n) is 4.42. The fraction of sp³-hybridized carbons (Fsp3) is 0.400. The molecule has 3 heterocycles. The molecule has 8 nitrogen and oxygen atoms in total. The normalized spacial score (nSPS) is 18.0. The molecule has 1 saturated heterocycles. The third-order valence-corrected chi connectivity index (χ3v) is 6.04. The molecular formula is C25H30N6O2. The Hall–Kier alpha value is -3.55. The summed E-state index contributed by atoms with van der Waals surface area (Å²) in [7, 11) is 0. The lowest BCUT2D eigenvalue weighted by Gasteiger charge is -2.29. The lowest BCUT2D eigenvalue weighted by molar-refractivity contribution is -0.134. The predicted molar refractivity (Wildman–Crippen MR) is 125 cm³/mol. The van der Waals surface area contributed by atoms with Gasteiger partial charge in [0.1, 0.15) is 6.54 Å². The Bertz CT molecular complexity index is 1130. The minimum absolute atomic E-state index is 0.00119. The van der Waals surface area contributed by atoms with Crippen LogP contribution < -0.4 is 5.32 Å². The summed E-state index contributed by atoms with van der Waals surface area (Å²) >= 11 is 0. The van der Waals surface area contributed by atoms with Crippen molar-refractivity contribution >= 4 is 11.8 Å². The van der Waals surface area contributed by atoms with Gasteiger partial charge in [-0.25, -0.2) is 4.68 Å². The summed E-state index contributed by atoms with van der Waals surface area (Å²) in [5, 5.41) is 11.0. The quantitative estimate of drug-likeness (QED) is 0.602. The van der Waals surface area contributed by atoms with E-state index in [0.717, 1.165) is 22.4 Å². The molecule has 0 spiro atoms. The zero-order valence-corrected chi connectivity index (χ0v) is 19.4. The molecule has 0 aliphatic carbocycles. The second kappa shape index (κ2) is 9.52. The molecule has 1 aromatic carbocycles. The van der Waals surface area contributed by atoms with Gasteiger partial charge in [-0.05, 0) is 62.4 Å². The molecule has 33 heavy (non-hydrogen) atoms. The molecule has 2 amide bonds. The first-order valence-electron chi connectivity index (χ1n) is 11.3. The van der Waals surface area contributed by atoms with Gasteiger partial charge >= 0.3 is 0 Å². The summed E-state index contributed by atoms with van der Waals surface area (Å²) in [6, 6.07) is 12.2. The van der Waals surface area contributed by atoms with Gasteiger partial charge in [-0.3, -0.25) is 14.6 Å². The number of rotatable bonds is 7. The largest absolute Gasteiger partial charge is 0.353 e. The molecule has 0 radical (unpaired) electrons. The molecule has 1 fully saturated rings. The first-order valence-corrected chi connectivity index (χ1v) is 11.3. The number of likely N-dealkylation sites (tertiary alicyclic amines) is 1. The van der Waals surface area contributed by atoms with Crippen LogP contribution in [-0.4, -0.2) is 55.8 Å². The van der Waals surface area contributed by atoms with Crippen molar-refractivity contribution in [2.45, 2.75) is 46.2 Å². The van der Waals surface area contributed by atoms with Gasteiger partial charge in [-0.2, -0.15) is 0 Å². The van der Waals surface area contributed by atoms with Crippen LogP contribution in [0.15, 0.2) is 55.0 Å². The van der Waals surface area contributed by atoms with Crippen LogP contribution in [0.5, 0.6) is 0 Å². The van der Waals surface area contributed by atoms with Crippen LogP contribution >= 0.6 is 0 Å². The first kappa shape index (κ1) is 22.6. The summed E-state index contributed by atoms with van der Waals surface area (Å²) < 4.78 is 1.55. The minimum atomic E-state index is -0.672. The summed E-state index contributed by atoms with van der Waals surface area (Å²) in [6.45, 7) is 6.81. The van der Waals surface area contributed by atoms with E-state index in [2.05, 4.69) is 38.8 Å². The topological polar surface area (TPSA) is 93.0 Å². The lowest BCUT2D eigenvalue weighted by atomic mass is 9.79. The third kappa shape index (κ3) is 5.27. The minimum Gasteiger partial charge on any atom is -0.353 e. The highest BCUT2D eigenvalue weighted by molar-refractivity contribution is 5.86. The van der Waals surface area contributed by atoms with Crippen molar-refractivity contribution in [1.29, 1.82) is 0 Å². The van der Waals surface area contributed by atoms with E-state index in [1.807, 2.05) is 39.0 Å². The van der Waals surface area contributed by atoms with Crippen LogP contribution in [0.25, 0.3) is 11.1 Å². The van der Waals surface area contributed by atoms with E-state index in [0.29, 0.717) is 25.9 Å². The lowest BCUT2D eigenvalue weighted by Crippen LogP contribution is -2.47. The summed E-state index contributed by atoms with van der Waals surface area (Å²) in [5.41, 5.74) is 3.34. The Morgan fingerprint density at radius 3 is 2.64 bits per heavy atom. The second-order valence-electron chi connectivity index (χ2n) is 9.14. The average molecular weight is 447 g/mol. The molecule has 172 valence electrons. The number of nitrogens with zero attached hydrogens (tertiary/aromatic N) is 5. The highest BCUT2D eigenvalue weighted by Crippen LogP contribution is 2.36. The number of carbonyl (C=O) groups is 2. The van der Waals surface area contributed by atoms with Crippen molar-refractivity contribution in [2.75, 3.05) is 13.1 Å². The molecule has 3 aromatic rings. The van der Waals surface area contributed by atoms with E-state index in [1.54, 1.807) is 28.2 Å². The van der Waals surface area contributed by atoms with E-state index in [1.165, 1.54) is 0 Å². The van der Waals surface area contributed by atoms with Crippen LogP contribution in [0.3, 0.4) is 0 Å². The Morgan fingerprint density at radius 1 is 1.15 bits per heavy atom. The van der Waals surface area contributed by atoms with Gasteiger partial charge in [-0.15, -0.1) is 5.10 Å². The molecule has 1 aliphatic rings. The smallest absolute Gasteiger partial charge is 0.244 e. The van der Waals surface area contributed by atoms with Crippen molar-refractivity contribution in [3.05, 3.63) is 66.2 Å². The van der Waals surface area contributed by atoms with Gasteiger partial charge in [0.05, 0.1) is 11.1 Å². The number of aromatic nitrogens is 4. The van der Waals surface area contributed by atoms with E-state index < -0.39 is 5.41 Å². The van der Waals surface area contributed by atoms with Gasteiger partial charge in [-0.1, -0.05) is 29.5 Å². The number of carbonyl (C=O) groups excluding carboxylic acids is 2. The molecule has 0 saturated carbocycles. The molecule has 1 aliphatic heterocycles. The first-order chi connectivity index (χ1) is 15.8. The number of hydrogen-bond donors (Lipinski definition) is 1. The van der Waals surface area contributed by atoms with Gasteiger partial charge in [0.25, 0.3) is 0 Å². The number of pyridine rings is 1. The Balaban J connectivity index is 1.56. The van der Waals surface area contributed by atoms with Crippen molar-refractivity contribution < 1.29 is 9.59 Å². The molecule has 8 heteroatoms. The molecular weight excluding hydrogens is 416 g/mol. The van der Waals surface area contributed by atoms with Gasteiger partial charge in [0.2, 0.25) is 11.8 Å². The average Bonchev–Trinajstić information content (AvgIpc) is 3.41. The van der Waals surface area contributed by atoms with E-state index in [-0.39, 0.29) is 24.4 Å². The van der Waals surface area contributed by atoms with Crippen molar-refractivity contribution in [2.24, 2.45) is 5.41 Å². The van der Waals surface area contributed by atoms with Crippen LogP contribution in [0, 0.1) is 12.3 Å². The predicted octanol–water partition coefficient (Wildman–Crippen LogP) is 2.63. The third-order valence-electron chi connectivity index (χ3n) is 6.04. The summed E-state index contributed by atoms with van der Waals surface area (Å²) in [5.74, 6) is -0.0524. The molecule has 1 N–H and O–H groups in total. The maximum atomic E-state index is 13.4. The van der Waals surface area contributed by atoms with Crippen molar-refractivity contribution in [1.82, 2.24) is 30.2 Å². The van der Waals surface area contributed by atoms with Gasteiger partial charge in [0, 0.05) is 37.7 Å². The SMILES string of the molecule is Cc1cn(CC(=O)N2CC[C@](Cc3cccc(-c4ccncc4)c3)(C(=O)NC(C)C)C2)nn1. The van der Waals surface area contributed by atoms with E-state index >= 15 is 0 Å². The zero-order chi connectivity index (χ0) is 23.4. The molecule has 4 rings (SSSR count). The van der Waals surface area contributed by atoms with Crippen molar-refractivity contribution in [3.8, 4) is 11.1 Å². The van der Waals surface area contributed by atoms with Crippen LogP contribution in [-0.2, 0) is 22.6 Å². The highest BCUT2D eigenvalue weighted by Gasteiger charge is 2.46. The van der Waals surface area contributed by atoms with Crippen LogP contribution in [0.1, 0.15) is 31.5 Å². The number of hydrogen-bond acceptors (Lipinski definition) is 5. The van der Waals surface area contributed by atoms with Gasteiger partial charge < -0.3 is 10.2 Å². The molecule has 2 aromatic heterocycles. The molecule has 1 atom stereocenters. The Kier molecular flexibility index (Phi) is 6.53. The maximum Gasteiger partial charge on any atom is 0.244 e. The van der Waals surface area contributed by atoms with Crippen molar-refractivity contribution in [3.63, 3.8) is 0 Å². The Morgan fingerprint density at radius 2 is 1.94 bits per heavy atom. The molecule has 0 unspecified atom stereocenters. The van der Waals surface area contributed by atoms with Crippen LogP contribution in [0.4, 0.5) is 0 Å². The number of aryl methyl sites for hydroxylation is 1. The highest BCUT2D eigenvalue weighted by atomic mass is 16.2. The zero-order valence-electron chi connectivity index (χ0n) is 19.4. The monoisotopic (exact) mass is 446 g/mol. The van der Waals surface area contributed by atoms with E-state index in [9.17, 15) is 9.59 Å². The standard InChI is InChI=1S/C25H30N6O2/c1-18(2)27-24(33)25(9-12-30(17-25)23(32)16-31-15-19(3)28-29-31)14-20-5-4-6-22(13-20)21-7-10-26-11-8-21/h4-8,10-11,13,15,18H,9,12,14,16-17H2,1-3H3,(H,27,33)/t25-/m1/s1. The summed E-state index contributed by atoms with van der Waals surface area (Å²) in [6.07, 6.45) is 6.48. The number of nitrogens with one attached hydrogen (secondary N) is 1. The summed E-state index contributed by atoms with van der Waals surface area (Å²) in [4.78, 5) is 32.2. The number of amides is 2.